The number of ether oxygens (including phenoxy) is 1. The summed E-state index contributed by atoms with van der Waals surface area (Å²) in [7, 11) is 0. The fraction of sp³-hybridized carbons (Fsp3) is 0.588. The minimum absolute atomic E-state index is 0.125. The van der Waals surface area contributed by atoms with E-state index in [1.54, 1.807) is 11.0 Å². The van der Waals surface area contributed by atoms with Gasteiger partial charge in [0.15, 0.2) is 0 Å². The maximum Gasteiger partial charge on any atom is 0.410 e. The number of amides is 1. The molecule has 0 bridgehead atoms. The molecule has 0 aliphatic carbocycles. The van der Waals surface area contributed by atoms with Crippen molar-refractivity contribution in [1.82, 2.24) is 4.90 Å². The SMILES string of the molecule is CC(C)(C)OC(=O)N1CCC(C(N)Cc2cc(F)ccc2Br)C1. The Hall–Kier alpha value is -1.14. The monoisotopic (exact) mass is 386 g/mol. The lowest BCUT2D eigenvalue weighted by molar-refractivity contribution is 0.0286. The van der Waals surface area contributed by atoms with Gasteiger partial charge in [-0.25, -0.2) is 9.18 Å². The van der Waals surface area contributed by atoms with Gasteiger partial charge in [0.25, 0.3) is 0 Å². The standard InChI is InChI=1S/C17H24BrFN2O2/c1-17(2,3)23-16(22)21-7-6-11(10-21)15(20)9-12-8-13(19)4-5-14(12)18/h4-5,8,11,15H,6-7,9-10,20H2,1-3H3. The van der Waals surface area contributed by atoms with Crippen LogP contribution in [0.2, 0.25) is 0 Å². The third kappa shape index (κ3) is 5.18. The smallest absolute Gasteiger partial charge is 0.410 e. The Morgan fingerprint density at radius 1 is 1.52 bits per heavy atom. The largest absolute Gasteiger partial charge is 0.444 e. The van der Waals surface area contributed by atoms with Crippen LogP contribution in [0.5, 0.6) is 0 Å². The predicted molar refractivity (Wildman–Crippen MR) is 91.7 cm³/mol. The van der Waals surface area contributed by atoms with E-state index in [1.165, 1.54) is 12.1 Å². The molecule has 6 heteroatoms. The summed E-state index contributed by atoms with van der Waals surface area (Å²) in [6.07, 6.45) is 1.12. The molecule has 2 N–H and O–H groups in total. The van der Waals surface area contributed by atoms with Crippen molar-refractivity contribution in [2.75, 3.05) is 13.1 Å². The summed E-state index contributed by atoms with van der Waals surface area (Å²) < 4.78 is 19.6. The lowest BCUT2D eigenvalue weighted by Gasteiger charge is -2.25. The van der Waals surface area contributed by atoms with Crippen LogP contribution in [0.4, 0.5) is 9.18 Å². The lowest BCUT2D eigenvalue weighted by atomic mass is 9.93. The van der Waals surface area contributed by atoms with E-state index >= 15 is 0 Å². The van der Waals surface area contributed by atoms with Crippen LogP contribution in [0.1, 0.15) is 32.8 Å². The van der Waals surface area contributed by atoms with Crippen LogP contribution in [-0.4, -0.2) is 35.7 Å². The second kappa shape index (κ2) is 7.18. The molecular formula is C17H24BrFN2O2. The van der Waals surface area contributed by atoms with Crippen molar-refractivity contribution in [3.05, 3.63) is 34.1 Å². The van der Waals surface area contributed by atoms with E-state index in [2.05, 4.69) is 15.9 Å². The van der Waals surface area contributed by atoms with Crippen molar-refractivity contribution < 1.29 is 13.9 Å². The molecule has 0 saturated carbocycles. The van der Waals surface area contributed by atoms with Crippen LogP contribution in [0.25, 0.3) is 0 Å². The molecule has 1 aromatic rings. The number of halogens is 2. The van der Waals surface area contributed by atoms with Crippen LogP contribution in [0.15, 0.2) is 22.7 Å². The second-order valence-corrected chi connectivity index (χ2v) is 7.93. The predicted octanol–water partition coefficient (Wildman–Crippen LogP) is 3.72. The van der Waals surface area contributed by atoms with Crippen molar-refractivity contribution in [2.45, 2.75) is 45.3 Å². The Morgan fingerprint density at radius 3 is 2.87 bits per heavy atom. The Bertz CT molecular complexity index is 574. The van der Waals surface area contributed by atoms with Gasteiger partial charge in [-0.2, -0.15) is 0 Å². The number of hydrogen-bond donors (Lipinski definition) is 1. The summed E-state index contributed by atoms with van der Waals surface area (Å²) in [5, 5.41) is 0. The Kier molecular flexibility index (Phi) is 5.68. The highest BCUT2D eigenvalue weighted by molar-refractivity contribution is 9.10. The van der Waals surface area contributed by atoms with Crippen molar-refractivity contribution in [1.29, 1.82) is 0 Å². The fourth-order valence-corrected chi connectivity index (χ4v) is 3.16. The number of benzene rings is 1. The molecular weight excluding hydrogens is 363 g/mol. The molecule has 128 valence electrons. The summed E-state index contributed by atoms with van der Waals surface area (Å²) in [5.74, 6) is -0.0742. The number of carbonyl (C=O) groups excluding carboxylic acids is 1. The molecule has 1 aliphatic rings. The molecule has 1 aliphatic heterocycles. The first kappa shape index (κ1) is 18.2. The van der Waals surface area contributed by atoms with E-state index in [0.717, 1.165) is 16.5 Å². The minimum atomic E-state index is -0.496. The highest BCUT2D eigenvalue weighted by Crippen LogP contribution is 2.25. The number of hydrogen-bond acceptors (Lipinski definition) is 3. The summed E-state index contributed by atoms with van der Waals surface area (Å²) >= 11 is 3.43. The zero-order valence-electron chi connectivity index (χ0n) is 13.8. The van der Waals surface area contributed by atoms with E-state index in [4.69, 9.17) is 10.5 Å². The van der Waals surface area contributed by atoms with Crippen LogP contribution < -0.4 is 5.73 Å². The first-order valence-corrected chi connectivity index (χ1v) is 8.62. The van der Waals surface area contributed by atoms with Crippen LogP contribution in [0, 0.1) is 11.7 Å². The molecule has 0 radical (unpaired) electrons. The first-order valence-electron chi connectivity index (χ1n) is 7.83. The second-order valence-electron chi connectivity index (χ2n) is 7.08. The number of likely N-dealkylation sites (tertiary alicyclic amines) is 1. The first-order chi connectivity index (χ1) is 10.7. The topological polar surface area (TPSA) is 55.6 Å². The third-order valence-electron chi connectivity index (χ3n) is 3.95. The number of nitrogens with two attached hydrogens (primary N) is 1. The molecule has 1 heterocycles. The molecule has 1 fully saturated rings. The Balaban J connectivity index is 1.93. The van der Waals surface area contributed by atoms with Gasteiger partial charge in [0.05, 0.1) is 0 Å². The van der Waals surface area contributed by atoms with Gasteiger partial charge >= 0.3 is 6.09 Å². The summed E-state index contributed by atoms with van der Waals surface area (Å²) in [4.78, 5) is 13.8. The number of carbonyl (C=O) groups is 1. The summed E-state index contributed by atoms with van der Waals surface area (Å²) in [6, 6.07) is 4.49. The van der Waals surface area contributed by atoms with Crippen LogP contribution >= 0.6 is 15.9 Å². The minimum Gasteiger partial charge on any atom is -0.444 e. The fourth-order valence-electron chi connectivity index (χ4n) is 2.75. The Labute approximate surface area is 145 Å². The van der Waals surface area contributed by atoms with Gasteiger partial charge in [-0.3, -0.25) is 0 Å². The van der Waals surface area contributed by atoms with Crippen LogP contribution in [-0.2, 0) is 11.2 Å². The molecule has 1 aromatic carbocycles. The van der Waals surface area contributed by atoms with Gasteiger partial charge in [-0.05, 0) is 63.3 Å². The number of rotatable bonds is 3. The van der Waals surface area contributed by atoms with E-state index in [9.17, 15) is 9.18 Å². The lowest BCUT2D eigenvalue weighted by Crippen LogP contribution is -2.38. The molecule has 0 aromatic heterocycles. The van der Waals surface area contributed by atoms with Gasteiger partial charge in [-0.15, -0.1) is 0 Å². The van der Waals surface area contributed by atoms with Crippen LogP contribution in [0.3, 0.4) is 0 Å². The van der Waals surface area contributed by atoms with E-state index in [-0.39, 0.29) is 23.9 Å². The summed E-state index contributed by atoms with van der Waals surface area (Å²) in [5.41, 5.74) is 6.66. The summed E-state index contributed by atoms with van der Waals surface area (Å²) in [6.45, 7) is 6.80. The molecule has 23 heavy (non-hydrogen) atoms. The van der Waals surface area contributed by atoms with Crippen molar-refractivity contribution in [2.24, 2.45) is 11.7 Å². The Morgan fingerprint density at radius 2 is 2.22 bits per heavy atom. The average Bonchev–Trinajstić information content (AvgIpc) is 2.91. The zero-order chi connectivity index (χ0) is 17.2. The molecule has 2 atom stereocenters. The van der Waals surface area contributed by atoms with E-state index in [0.29, 0.717) is 19.5 Å². The normalized spacial score (nSPS) is 19.7. The maximum atomic E-state index is 13.4. The van der Waals surface area contributed by atoms with E-state index in [1.807, 2.05) is 20.8 Å². The van der Waals surface area contributed by atoms with Crippen molar-refractivity contribution >= 4 is 22.0 Å². The third-order valence-corrected chi connectivity index (χ3v) is 4.72. The molecule has 2 rings (SSSR count). The molecule has 1 amide bonds. The van der Waals surface area contributed by atoms with Gasteiger partial charge < -0.3 is 15.4 Å². The highest BCUT2D eigenvalue weighted by atomic mass is 79.9. The van der Waals surface area contributed by atoms with Gasteiger partial charge in [0.1, 0.15) is 11.4 Å². The zero-order valence-corrected chi connectivity index (χ0v) is 15.4. The number of nitrogens with zero attached hydrogens (tertiary/aromatic N) is 1. The molecule has 0 spiro atoms. The van der Waals surface area contributed by atoms with Gasteiger partial charge in [0.2, 0.25) is 0 Å². The van der Waals surface area contributed by atoms with Gasteiger partial charge in [-0.1, -0.05) is 15.9 Å². The molecule has 4 nitrogen and oxygen atoms in total. The van der Waals surface area contributed by atoms with Crippen molar-refractivity contribution in [3.8, 4) is 0 Å². The van der Waals surface area contributed by atoms with Crippen molar-refractivity contribution in [3.63, 3.8) is 0 Å². The molecule has 2 unspecified atom stereocenters. The quantitative estimate of drug-likeness (QED) is 0.860. The average molecular weight is 387 g/mol. The van der Waals surface area contributed by atoms with E-state index < -0.39 is 5.60 Å². The highest BCUT2D eigenvalue weighted by Gasteiger charge is 2.32. The molecule has 1 saturated heterocycles. The maximum absolute atomic E-state index is 13.4. The van der Waals surface area contributed by atoms with Gasteiger partial charge in [0, 0.05) is 23.6 Å².